The minimum absolute atomic E-state index is 0.0902. The Balaban J connectivity index is 2.87. The molecule has 0 bridgehead atoms. The number of hydrogen-bond donors (Lipinski definition) is 2. The van der Waals surface area contributed by atoms with Gasteiger partial charge in [0.05, 0.1) is 20.3 Å². The predicted molar refractivity (Wildman–Crippen MR) is 78.9 cm³/mol. The number of halogens is 1. The van der Waals surface area contributed by atoms with Crippen LogP contribution in [0.15, 0.2) is 12.1 Å². The van der Waals surface area contributed by atoms with Gasteiger partial charge in [-0.05, 0) is 25.5 Å². The van der Waals surface area contributed by atoms with Gasteiger partial charge in [0.15, 0.2) is 11.5 Å². The summed E-state index contributed by atoms with van der Waals surface area (Å²) in [6, 6.07) is 2.31. The van der Waals surface area contributed by atoms with Gasteiger partial charge in [-0.25, -0.2) is 4.39 Å². The highest BCUT2D eigenvalue weighted by atomic mass is 19.1. The lowest BCUT2D eigenvalue weighted by molar-refractivity contribution is -0.122. The second-order valence-corrected chi connectivity index (χ2v) is 5.06. The number of rotatable bonds is 7. The van der Waals surface area contributed by atoms with Crippen molar-refractivity contribution in [1.29, 1.82) is 0 Å². The van der Waals surface area contributed by atoms with Crippen molar-refractivity contribution < 1.29 is 18.7 Å². The average Bonchev–Trinajstić information content (AvgIpc) is 2.46. The van der Waals surface area contributed by atoms with E-state index in [0.717, 1.165) is 0 Å². The van der Waals surface area contributed by atoms with Gasteiger partial charge in [-0.15, -0.1) is 0 Å². The van der Waals surface area contributed by atoms with Crippen LogP contribution in [-0.2, 0) is 4.79 Å². The first-order chi connectivity index (χ1) is 9.92. The second kappa shape index (κ2) is 7.83. The van der Waals surface area contributed by atoms with E-state index in [1.165, 1.54) is 26.4 Å². The summed E-state index contributed by atoms with van der Waals surface area (Å²) >= 11 is 0. The molecule has 0 saturated heterocycles. The second-order valence-electron chi connectivity index (χ2n) is 5.06. The Morgan fingerprint density at radius 3 is 2.38 bits per heavy atom. The molecule has 0 saturated carbocycles. The number of carbonyl (C=O) groups is 1. The molecule has 0 heterocycles. The van der Waals surface area contributed by atoms with Crippen LogP contribution in [0.1, 0.15) is 31.9 Å². The fourth-order valence-electron chi connectivity index (χ4n) is 1.98. The van der Waals surface area contributed by atoms with Crippen LogP contribution in [0.25, 0.3) is 0 Å². The van der Waals surface area contributed by atoms with Crippen molar-refractivity contribution >= 4 is 5.91 Å². The van der Waals surface area contributed by atoms with E-state index in [0.29, 0.717) is 30.0 Å². The molecule has 0 spiro atoms. The summed E-state index contributed by atoms with van der Waals surface area (Å²) < 4.78 is 24.3. The van der Waals surface area contributed by atoms with Gasteiger partial charge in [0.2, 0.25) is 5.91 Å². The van der Waals surface area contributed by atoms with Crippen molar-refractivity contribution in [2.75, 3.05) is 20.8 Å². The zero-order chi connectivity index (χ0) is 16.0. The van der Waals surface area contributed by atoms with Crippen LogP contribution in [0.5, 0.6) is 11.5 Å². The van der Waals surface area contributed by atoms with E-state index >= 15 is 0 Å². The maximum atomic E-state index is 14.1. The summed E-state index contributed by atoms with van der Waals surface area (Å²) in [4.78, 5) is 11.8. The zero-order valence-corrected chi connectivity index (χ0v) is 12.9. The maximum absolute atomic E-state index is 14.1. The molecule has 0 radical (unpaired) electrons. The number of benzene rings is 1. The summed E-state index contributed by atoms with van der Waals surface area (Å²) in [7, 11) is 2.92. The van der Waals surface area contributed by atoms with Crippen LogP contribution in [0.4, 0.5) is 4.39 Å². The number of ether oxygens (including phenoxy) is 2. The Hall–Kier alpha value is -1.82. The van der Waals surface area contributed by atoms with Crippen molar-refractivity contribution in [2.24, 2.45) is 11.7 Å². The molecule has 6 heteroatoms. The largest absolute Gasteiger partial charge is 0.493 e. The topological polar surface area (TPSA) is 73.6 Å². The molecule has 2 atom stereocenters. The lowest BCUT2D eigenvalue weighted by atomic mass is 10.0. The minimum Gasteiger partial charge on any atom is -0.493 e. The molecule has 0 aliphatic rings. The lowest BCUT2D eigenvalue weighted by Gasteiger charge is -2.18. The van der Waals surface area contributed by atoms with Gasteiger partial charge in [0.25, 0.3) is 0 Å². The van der Waals surface area contributed by atoms with Gasteiger partial charge >= 0.3 is 0 Å². The Kier molecular flexibility index (Phi) is 6.42. The van der Waals surface area contributed by atoms with Crippen LogP contribution in [0, 0.1) is 11.7 Å². The third-order valence-corrected chi connectivity index (χ3v) is 3.28. The quantitative estimate of drug-likeness (QED) is 0.807. The molecule has 3 N–H and O–H groups in total. The van der Waals surface area contributed by atoms with Gasteiger partial charge < -0.3 is 20.5 Å². The molecular weight excluding hydrogens is 275 g/mol. The van der Waals surface area contributed by atoms with Gasteiger partial charge in [0, 0.05) is 18.1 Å². The van der Waals surface area contributed by atoms with Crippen molar-refractivity contribution in [3.05, 3.63) is 23.5 Å². The van der Waals surface area contributed by atoms with E-state index in [1.54, 1.807) is 6.92 Å². The van der Waals surface area contributed by atoms with Crippen LogP contribution in [-0.4, -0.2) is 26.7 Å². The molecule has 1 aromatic rings. The normalized spacial score (nSPS) is 13.4. The number of methoxy groups -OCH3 is 2. The highest BCUT2D eigenvalue weighted by Crippen LogP contribution is 2.32. The molecule has 0 fully saturated rings. The highest BCUT2D eigenvalue weighted by molar-refractivity contribution is 5.76. The average molecular weight is 298 g/mol. The SMILES string of the molecule is COc1cc(F)c([C@H](C)NC(=O)C[C@@H](C)CN)cc1OC. The molecular formula is C15H23FN2O3. The Labute approximate surface area is 124 Å². The fraction of sp³-hybridized carbons (Fsp3) is 0.533. The monoisotopic (exact) mass is 298 g/mol. The number of hydrogen-bond acceptors (Lipinski definition) is 4. The summed E-state index contributed by atoms with van der Waals surface area (Å²) in [5, 5.41) is 2.76. The molecule has 21 heavy (non-hydrogen) atoms. The summed E-state index contributed by atoms with van der Waals surface area (Å²) in [6.45, 7) is 4.04. The van der Waals surface area contributed by atoms with Crippen molar-refractivity contribution in [3.63, 3.8) is 0 Å². The Morgan fingerprint density at radius 2 is 1.86 bits per heavy atom. The van der Waals surface area contributed by atoms with Crippen molar-refractivity contribution in [2.45, 2.75) is 26.3 Å². The third-order valence-electron chi connectivity index (χ3n) is 3.28. The first kappa shape index (κ1) is 17.2. The predicted octanol–water partition coefficient (Wildman–Crippen LogP) is 2.00. The number of nitrogens with one attached hydrogen (secondary N) is 1. The van der Waals surface area contributed by atoms with E-state index in [-0.39, 0.29) is 11.8 Å². The van der Waals surface area contributed by atoms with Crippen LogP contribution in [0.3, 0.4) is 0 Å². The van der Waals surface area contributed by atoms with E-state index in [2.05, 4.69) is 5.32 Å². The molecule has 0 unspecified atom stereocenters. The molecule has 1 rings (SSSR count). The van der Waals surface area contributed by atoms with Gasteiger partial charge in [0.1, 0.15) is 5.82 Å². The molecule has 0 aliphatic heterocycles. The summed E-state index contributed by atoms with van der Waals surface area (Å²) in [5.74, 6) is 0.216. The Morgan fingerprint density at radius 1 is 1.29 bits per heavy atom. The molecule has 5 nitrogen and oxygen atoms in total. The van der Waals surface area contributed by atoms with Crippen LogP contribution >= 0.6 is 0 Å². The lowest BCUT2D eigenvalue weighted by Crippen LogP contribution is -2.30. The van der Waals surface area contributed by atoms with Crippen LogP contribution in [0.2, 0.25) is 0 Å². The van der Waals surface area contributed by atoms with E-state index in [1.807, 2.05) is 6.92 Å². The molecule has 118 valence electrons. The van der Waals surface area contributed by atoms with Crippen molar-refractivity contribution in [1.82, 2.24) is 5.32 Å². The third kappa shape index (κ3) is 4.60. The number of amides is 1. The van der Waals surface area contributed by atoms with Crippen molar-refractivity contribution in [3.8, 4) is 11.5 Å². The molecule has 1 amide bonds. The molecule has 0 aliphatic carbocycles. The maximum Gasteiger partial charge on any atom is 0.220 e. The smallest absolute Gasteiger partial charge is 0.220 e. The zero-order valence-electron chi connectivity index (χ0n) is 12.9. The van der Waals surface area contributed by atoms with Gasteiger partial charge in [-0.3, -0.25) is 4.79 Å². The molecule has 0 aromatic heterocycles. The fourth-order valence-corrected chi connectivity index (χ4v) is 1.98. The number of nitrogens with two attached hydrogens (primary N) is 1. The Bertz CT molecular complexity index is 494. The summed E-state index contributed by atoms with van der Waals surface area (Å²) in [5.41, 5.74) is 5.83. The number of carbonyl (C=O) groups excluding carboxylic acids is 1. The van der Waals surface area contributed by atoms with Gasteiger partial charge in [-0.2, -0.15) is 0 Å². The molecule has 1 aromatic carbocycles. The van der Waals surface area contributed by atoms with E-state index in [9.17, 15) is 9.18 Å². The highest BCUT2D eigenvalue weighted by Gasteiger charge is 2.18. The van der Waals surface area contributed by atoms with Crippen LogP contribution < -0.4 is 20.5 Å². The standard InChI is InChI=1S/C15H23FN2O3/c1-9(8-17)5-15(19)18-10(2)11-6-13(20-3)14(21-4)7-12(11)16/h6-7,9-10H,5,8,17H2,1-4H3,(H,18,19)/t9-,10+/m1/s1. The van der Waals surface area contributed by atoms with Gasteiger partial charge in [-0.1, -0.05) is 6.92 Å². The first-order valence-electron chi connectivity index (χ1n) is 6.83. The van der Waals surface area contributed by atoms with E-state index < -0.39 is 11.9 Å². The first-order valence-corrected chi connectivity index (χ1v) is 6.83. The minimum atomic E-state index is -0.470. The summed E-state index contributed by atoms with van der Waals surface area (Å²) in [6.07, 6.45) is 0.315. The van der Waals surface area contributed by atoms with E-state index in [4.69, 9.17) is 15.2 Å².